The molecule has 1 radical (unpaired) electrons. The number of benzene rings is 1. The molecular weight excluding hydrogens is 228 g/mol. The van der Waals surface area contributed by atoms with Crippen LogP contribution in [-0.2, 0) is 0 Å². The van der Waals surface area contributed by atoms with Crippen molar-refractivity contribution in [2.45, 2.75) is 6.92 Å². The number of carbonyl (C=O) groups excluding carboxylic acids is 1. The Morgan fingerprint density at radius 2 is 2.06 bits per heavy atom. The van der Waals surface area contributed by atoms with E-state index < -0.39 is 0 Å². The SMILES string of the molecule is C[CH]c1ccc2nc(N)nc(C(=O)N(C)C)c2c1. The highest BCUT2D eigenvalue weighted by Gasteiger charge is 2.16. The van der Waals surface area contributed by atoms with Crippen molar-refractivity contribution in [1.29, 1.82) is 0 Å². The topological polar surface area (TPSA) is 72.1 Å². The van der Waals surface area contributed by atoms with Crippen molar-refractivity contribution < 1.29 is 4.79 Å². The largest absolute Gasteiger partial charge is 0.368 e. The van der Waals surface area contributed by atoms with E-state index >= 15 is 0 Å². The highest BCUT2D eigenvalue weighted by atomic mass is 16.2. The molecule has 5 nitrogen and oxygen atoms in total. The van der Waals surface area contributed by atoms with Gasteiger partial charge in [0.25, 0.3) is 5.91 Å². The number of aromatic nitrogens is 2. The number of rotatable bonds is 2. The quantitative estimate of drug-likeness (QED) is 0.867. The number of fused-ring (bicyclic) bond motifs is 1. The molecule has 0 spiro atoms. The first-order valence-corrected chi connectivity index (χ1v) is 5.61. The third-order valence-electron chi connectivity index (χ3n) is 2.68. The number of nitrogens with two attached hydrogens (primary N) is 1. The molecule has 2 aromatic rings. The lowest BCUT2D eigenvalue weighted by Gasteiger charge is -2.12. The fourth-order valence-corrected chi connectivity index (χ4v) is 1.72. The predicted molar refractivity (Wildman–Crippen MR) is 71.0 cm³/mol. The Bertz CT molecular complexity index is 607. The number of nitrogens with zero attached hydrogens (tertiary/aromatic N) is 3. The summed E-state index contributed by atoms with van der Waals surface area (Å²) in [7, 11) is 3.37. The summed E-state index contributed by atoms with van der Waals surface area (Å²) in [5.74, 6) is -0.0664. The highest BCUT2D eigenvalue weighted by molar-refractivity contribution is 6.04. The van der Waals surface area contributed by atoms with E-state index in [0.717, 1.165) is 10.9 Å². The summed E-state index contributed by atoms with van der Waals surface area (Å²) in [5, 5.41) is 0.721. The molecule has 1 aromatic carbocycles. The van der Waals surface area contributed by atoms with Crippen LogP contribution in [0.4, 0.5) is 5.95 Å². The second-order valence-corrected chi connectivity index (χ2v) is 4.20. The van der Waals surface area contributed by atoms with Gasteiger partial charge in [-0.3, -0.25) is 4.79 Å². The Morgan fingerprint density at radius 1 is 1.33 bits per heavy atom. The van der Waals surface area contributed by atoms with Crippen LogP contribution in [0, 0.1) is 6.42 Å². The lowest BCUT2D eigenvalue weighted by atomic mass is 10.1. The fraction of sp³-hybridized carbons (Fsp3) is 0.231. The summed E-state index contributed by atoms with van der Waals surface area (Å²) in [6, 6.07) is 5.67. The Balaban J connectivity index is 2.73. The van der Waals surface area contributed by atoms with E-state index in [1.165, 1.54) is 4.90 Å². The molecule has 0 saturated heterocycles. The van der Waals surface area contributed by atoms with Gasteiger partial charge in [-0.25, -0.2) is 9.97 Å². The van der Waals surface area contributed by atoms with E-state index in [1.54, 1.807) is 14.1 Å². The van der Waals surface area contributed by atoms with E-state index in [4.69, 9.17) is 5.73 Å². The molecule has 1 heterocycles. The van der Waals surface area contributed by atoms with Gasteiger partial charge in [0.15, 0.2) is 0 Å². The van der Waals surface area contributed by atoms with Crippen LogP contribution in [-0.4, -0.2) is 34.9 Å². The van der Waals surface area contributed by atoms with Gasteiger partial charge in [0, 0.05) is 19.5 Å². The van der Waals surface area contributed by atoms with Gasteiger partial charge in [-0.1, -0.05) is 13.0 Å². The fourth-order valence-electron chi connectivity index (χ4n) is 1.72. The lowest BCUT2D eigenvalue weighted by molar-refractivity contribution is 0.0824. The van der Waals surface area contributed by atoms with Crippen LogP contribution in [0.2, 0.25) is 0 Å². The Hall–Kier alpha value is -2.17. The van der Waals surface area contributed by atoms with Gasteiger partial charge < -0.3 is 10.6 Å². The first-order chi connectivity index (χ1) is 8.52. The van der Waals surface area contributed by atoms with Gasteiger partial charge in [0.05, 0.1) is 5.52 Å². The first-order valence-electron chi connectivity index (χ1n) is 5.61. The van der Waals surface area contributed by atoms with Crippen molar-refractivity contribution in [3.63, 3.8) is 0 Å². The third-order valence-corrected chi connectivity index (χ3v) is 2.68. The van der Waals surface area contributed by atoms with Crippen molar-refractivity contribution in [1.82, 2.24) is 14.9 Å². The zero-order valence-corrected chi connectivity index (χ0v) is 10.6. The van der Waals surface area contributed by atoms with Crippen LogP contribution in [0.5, 0.6) is 0 Å². The normalized spacial score (nSPS) is 10.6. The number of hydrogen-bond donors (Lipinski definition) is 1. The summed E-state index contributed by atoms with van der Waals surface area (Å²) >= 11 is 0. The molecule has 0 aliphatic rings. The molecule has 2 rings (SSSR count). The van der Waals surface area contributed by atoms with Gasteiger partial charge in [-0.2, -0.15) is 0 Å². The number of amides is 1. The molecule has 0 atom stereocenters. The minimum Gasteiger partial charge on any atom is -0.368 e. The van der Waals surface area contributed by atoms with Gasteiger partial charge in [0.1, 0.15) is 5.69 Å². The number of carbonyl (C=O) groups is 1. The summed E-state index contributed by atoms with van der Waals surface area (Å²) in [6.07, 6.45) is 1.96. The Morgan fingerprint density at radius 3 is 2.67 bits per heavy atom. The number of hydrogen-bond acceptors (Lipinski definition) is 4. The van der Waals surface area contributed by atoms with E-state index in [-0.39, 0.29) is 11.9 Å². The molecule has 0 aliphatic heterocycles. The number of anilines is 1. The molecule has 5 heteroatoms. The van der Waals surface area contributed by atoms with Crippen molar-refractivity contribution >= 4 is 22.8 Å². The zero-order chi connectivity index (χ0) is 13.3. The molecule has 0 aliphatic carbocycles. The minimum atomic E-state index is -0.178. The average Bonchev–Trinajstić information content (AvgIpc) is 2.36. The van der Waals surface area contributed by atoms with Crippen molar-refractivity contribution in [3.05, 3.63) is 35.9 Å². The molecule has 2 N–H and O–H groups in total. The number of nitrogen functional groups attached to an aromatic ring is 1. The second kappa shape index (κ2) is 4.60. The van der Waals surface area contributed by atoms with Crippen molar-refractivity contribution in [3.8, 4) is 0 Å². The molecule has 93 valence electrons. The second-order valence-electron chi connectivity index (χ2n) is 4.20. The van der Waals surface area contributed by atoms with Gasteiger partial charge in [-0.05, 0) is 24.1 Å². The third kappa shape index (κ3) is 2.11. The smallest absolute Gasteiger partial charge is 0.272 e. The summed E-state index contributed by atoms with van der Waals surface area (Å²) in [4.78, 5) is 21.8. The molecule has 18 heavy (non-hydrogen) atoms. The maximum absolute atomic E-state index is 12.1. The molecule has 0 fully saturated rings. The first kappa shape index (κ1) is 12.3. The highest BCUT2D eigenvalue weighted by Crippen LogP contribution is 2.20. The average molecular weight is 243 g/mol. The van der Waals surface area contributed by atoms with Crippen LogP contribution in [0.3, 0.4) is 0 Å². The lowest BCUT2D eigenvalue weighted by Crippen LogP contribution is -2.23. The maximum Gasteiger partial charge on any atom is 0.272 e. The van der Waals surface area contributed by atoms with E-state index in [9.17, 15) is 4.79 Å². The van der Waals surface area contributed by atoms with Crippen molar-refractivity contribution in [2.24, 2.45) is 0 Å². The predicted octanol–water partition coefficient (Wildman–Crippen LogP) is 1.49. The minimum absolute atomic E-state index is 0.112. The molecule has 0 saturated carbocycles. The van der Waals surface area contributed by atoms with Gasteiger partial charge in [-0.15, -0.1) is 0 Å². The summed E-state index contributed by atoms with van der Waals surface area (Å²) in [6.45, 7) is 1.94. The Kier molecular flexibility index (Phi) is 3.14. The standard InChI is InChI=1S/C13H15N4O/c1-4-8-5-6-10-9(7-8)11(12(18)17(2)3)16-13(14)15-10/h4-7H,1-3H3,(H2,14,15,16). The van der Waals surface area contributed by atoms with E-state index in [0.29, 0.717) is 11.2 Å². The van der Waals surface area contributed by atoms with Crippen molar-refractivity contribution in [2.75, 3.05) is 19.8 Å². The molecular formula is C13H15N4O. The van der Waals surface area contributed by atoms with Crippen LogP contribution < -0.4 is 5.73 Å². The van der Waals surface area contributed by atoms with E-state index in [1.807, 2.05) is 31.5 Å². The van der Waals surface area contributed by atoms with Crippen LogP contribution in [0.25, 0.3) is 10.9 Å². The van der Waals surface area contributed by atoms with Crippen LogP contribution in [0.15, 0.2) is 18.2 Å². The Labute approximate surface area is 106 Å². The van der Waals surface area contributed by atoms with Gasteiger partial charge >= 0.3 is 0 Å². The summed E-state index contributed by atoms with van der Waals surface area (Å²) < 4.78 is 0. The maximum atomic E-state index is 12.1. The molecule has 1 aromatic heterocycles. The molecule has 1 amide bonds. The van der Waals surface area contributed by atoms with Crippen LogP contribution in [0.1, 0.15) is 23.0 Å². The molecule has 0 unspecified atom stereocenters. The van der Waals surface area contributed by atoms with Crippen LogP contribution >= 0.6 is 0 Å². The summed E-state index contributed by atoms with van der Waals surface area (Å²) in [5.41, 5.74) is 7.67. The van der Waals surface area contributed by atoms with Gasteiger partial charge in [0.2, 0.25) is 5.95 Å². The monoisotopic (exact) mass is 243 g/mol. The molecule has 0 bridgehead atoms. The zero-order valence-electron chi connectivity index (χ0n) is 10.6. The van der Waals surface area contributed by atoms with E-state index in [2.05, 4.69) is 9.97 Å².